The molecule has 122 valence electrons. The fourth-order valence-electron chi connectivity index (χ4n) is 1.67. The molecular formula is C15H16N2O4S2. The van der Waals surface area contributed by atoms with Crippen molar-refractivity contribution in [2.45, 2.75) is 5.75 Å². The molecule has 0 radical (unpaired) electrons. The number of pyridine rings is 1. The second-order valence-electron chi connectivity index (χ2n) is 4.47. The molecule has 0 aliphatic rings. The zero-order valence-corrected chi connectivity index (χ0v) is 13.9. The molecule has 0 saturated heterocycles. The Balaban J connectivity index is 1.60. The van der Waals surface area contributed by atoms with Crippen molar-refractivity contribution in [3.63, 3.8) is 0 Å². The Labute approximate surface area is 142 Å². The lowest BCUT2D eigenvalue weighted by Gasteiger charge is -2.06. The molecule has 1 amide bonds. The molecule has 0 atom stereocenters. The van der Waals surface area contributed by atoms with Gasteiger partial charge in [-0.2, -0.15) is 16.5 Å². The molecule has 0 aliphatic carbocycles. The van der Waals surface area contributed by atoms with Crippen molar-refractivity contribution in [2.75, 3.05) is 18.9 Å². The van der Waals surface area contributed by atoms with Gasteiger partial charge in [-0.15, -0.1) is 11.3 Å². The third-order valence-electron chi connectivity index (χ3n) is 2.76. The Bertz CT molecular complexity index is 647. The number of hydrogen-bond donors (Lipinski definition) is 1. The number of ether oxygens (including phenoxy) is 1. The van der Waals surface area contributed by atoms with Crippen LogP contribution in [0.2, 0.25) is 0 Å². The average molecular weight is 352 g/mol. The lowest BCUT2D eigenvalue weighted by atomic mass is 10.3. The Hall–Kier alpha value is -2.06. The number of nitrogens with one attached hydrogen (secondary N) is 1. The SMILES string of the molecule is O=C(COC(=O)c1cccc[n+]1[O-])NCCSCc1cccs1. The summed E-state index contributed by atoms with van der Waals surface area (Å²) in [5.41, 5.74) is -0.146. The highest BCUT2D eigenvalue weighted by molar-refractivity contribution is 7.98. The van der Waals surface area contributed by atoms with Crippen LogP contribution in [-0.4, -0.2) is 30.8 Å². The molecule has 0 saturated carbocycles. The van der Waals surface area contributed by atoms with Crippen LogP contribution in [0.3, 0.4) is 0 Å². The van der Waals surface area contributed by atoms with E-state index in [-0.39, 0.29) is 11.6 Å². The first-order chi connectivity index (χ1) is 11.2. The lowest BCUT2D eigenvalue weighted by Crippen LogP contribution is -2.36. The van der Waals surface area contributed by atoms with Gasteiger partial charge in [-0.25, -0.2) is 4.79 Å². The summed E-state index contributed by atoms with van der Waals surface area (Å²) in [5, 5.41) is 16.1. The Morgan fingerprint density at radius 3 is 2.91 bits per heavy atom. The average Bonchev–Trinajstić information content (AvgIpc) is 3.06. The van der Waals surface area contributed by atoms with E-state index in [9.17, 15) is 14.8 Å². The van der Waals surface area contributed by atoms with E-state index in [2.05, 4.69) is 11.4 Å². The van der Waals surface area contributed by atoms with Gasteiger partial charge in [0.05, 0.1) is 0 Å². The van der Waals surface area contributed by atoms with Crippen LogP contribution in [0.4, 0.5) is 0 Å². The van der Waals surface area contributed by atoms with Crippen LogP contribution in [-0.2, 0) is 15.3 Å². The molecule has 8 heteroatoms. The number of carbonyl (C=O) groups excluding carboxylic acids is 2. The molecule has 0 spiro atoms. The highest BCUT2D eigenvalue weighted by atomic mass is 32.2. The quantitative estimate of drug-likeness (QED) is 0.338. The third-order valence-corrected chi connectivity index (χ3v) is 4.83. The second kappa shape index (κ2) is 9.16. The molecule has 0 fully saturated rings. The monoisotopic (exact) mass is 352 g/mol. The molecule has 0 aromatic carbocycles. The third kappa shape index (κ3) is 5.91. The van der Waals surface area contributed by atoms with Gasteiger partial charge in [-0.05, 0) is 17.5 Å². The summed E-state index contributed by atoms with van der Waals surface area (Å²) < 4.78 is 5.21. The first kappa shape index (κ1) is 17.3. The topological polar surface area (TPSA) is 82.3 Å². The number of carbonyl (C=O) groups is 2. The van der Waals surface area contributed by atoms with Crippen molar-refractivity contribution in [1.82, 2.24) is 5.32 Å². The van der Waals surface area contributed by atoms with Gasteiger partial charge in [0.15, 0.2) is 12.8 Å². The smallest absolute Gasteiger partial charge is 0.405 e. The van der Waals surface area contributed by atoms with Gasteiger partial charge >= 0.3 is 11.7 Å². The van der Waals surface area contributed by atoms with Crippen LogP contribution in [0.25, 0.3) is 0 Å². The summed E-state index contributed by atoms with van der Waals surface area (Å²) >= 11 is 3.42. The second-order valence-corrected chi connectivity index (χ2v) is 6.61. The van der Waals surface area contributed by atoms with E-state index >= 15 is 0 Å². The van der Waals surface area contributed by atoms with E-state index in [1.807, 2.05) is 11.4 Å². The number of aromatic nitrogens is 1. The normalized spacial score (nSPS) is 10.3. The van der Waals surface area contributed by atoms with Crippen molar-refractivity contribution in [3.05, 3.63) is 57.7 Å². The number of amides is 1. The van der Waals surface area contributed by atoms with Crippen molar-refractivity contribution in [1.29, 1.82) is 0 Å². The van der Waals surface area contributed by atoms with Crippen LogP contribution in [0.5, 0.6) is 0 Å². The summed E-state index contributed by atoms with van der Waals surface area (Å²) in [4.78, 5) is 24.5. The van der Waals surface area contributed by atoms with E-state index in [1.54, 1.807) is 29.2 Å². The van der Waals surface area contributed by atoms with Crippen molar-refractivity contribution < 1.29 is 19.1 Å². The summed E-state index contributed by atoms with van der Waals surface area (Å²) in [6.07, 6.45) is 1.20. The van der Waals surface area contributed by atoms with E-state index in [1.165, 1.54) is 23.2 Å². The maximum Gasteiger partial charge on any atom is 0.405 e. The molecular weight excluding hydrogens is 336 g/mol. The van der Waals surface area contributed by atoms with Crippen LogP contribution in [0.1, 0.15) is 15.4 Å². The van der Waals surface area contributed by atoms with Crippen LogP contribution >= 0.6 is 23.1 Å². The number of thioether (sulfide) groups is 1. The minimum atomic E-state index is -0.817. The maximum absolute atomic E-state index is 11.7. The standard InChI is InChI=1S/C15H16N2O4S2/c18-14(16-6-9-22-11-12-4-3-8-23-12)10-21-15(19)13-5-1-2-7-17(13)20/h1-5,7-8H,6,9-11H2,(H,16,18). The predicted molar refractivity (Wildman–Crippen MR) is 89.2 cm³/mol. The van der Waals surface area contributed by atoms with E-state index in [0.717, 1.165) is 11.5 Å². The van der Waals surface area contributed by atoms with Gasteiger partial charge in [0.2, 0.25) is 0 Å². The highest BCUT2D eigenvalue weighted by Crippen LogP contribution is 2.16. The molecule has 2 aromatic rings. The van der Waals surface area contributed by atoms with E-state index < -0.39 is 12.6 Å². The van der Waals surface area contributed by atoms with Crippen molar-refractivity contribution in [2.24, 2.45) is 0 Å². The number of esters is 1. The molecule has 1 N–H and O–H groups in total. The fraction of sp³-hybridized carbons (Fsp3) is 0.267. The summed E-state index contributed by atoms with van der Waals surface area (Å²) in [7, 11) is 0. The molecule has 2 heterocycles. The van der Waals surface area contributed by atoms with Crippen LogP contribution in [0.15, 0.2) is 41.9 Å². The Morgan fingerprint density at radius 2 is 2.17 bits per heavy atom. The van der Waals surface area contributed by atoms with Gasteiger partial charge in [0.25, 0.3) is 5.91 Å². The Kier molecular flexibility index (Phi) is 6.89. The largest absolute Gasteiger partial charge is 0.618 e. The number of rotatable bonds is 8. The number of hydrogen-bond acceptors (Lipinski definition) is 6. The van der Waals surface area contributed by atoms with Crippen LogP contribution in [0, 0.1) is 5.21 Å². The molecule has 0 bridgehead atoms. The molecule has 2 aromatic heterocycles. The van der Waals surface area contributed by atoms with Gasteiger partial charge in [0, 0.05) is 35.1 Å². The number of thiophene rings is 1. The van der Waals surface area contributed by atoms with Gasteiger partial charge in [-0.1, -0.05) is 6.07 Å². The molecule has 2 rings (SSSR count). The van der Waals surface area contributed by atoms with Crippen molar-refractivity contribution >= 4 is 35.0 Å². The first-order valence-corrected chi connectivity index (χ1v) is 8.92. The summed E-state index contributed by atoms with van der Waals surface area (Å²) in [6.45, 7) is 0.0998. The predicted octanol–water partition coefficient (Wildman–Crippen LogP) is 1.59. The van der Waals surface area contributed by atoms with E-state index in [0.29, 0.717) is 11.3 Å². The highest BCUT2D eigenvalue weighted by Gasteiger charge is 2.17. The minimum Gasteiger partial charge on any atom is -0.618 e. The van der Waals surface area contributed by atoms with Gasteiger partial charge < -0.3 is 15.3 Å². The van der Waals surface area contributed by atoms with Gasteiger partial charge in [-0.3, -0.25) is 4.79 Å². The first-order valence-electron chi connectivity index (χ1n) is 6.89. The number of nitrogens with zero attached hydrogens (tertiary/aromatic N) is 1. The van der Waals surface area contributed by atoms with E-state index in [4.69, 9.17) is 4.74 Å². The minimum absolute atomic E-state index is 0.146. The molecule has 0 aliphatic heterocycles. The molecule has 23 heavy (non-hydrogen) atoms. The fourth-order valence-corrected chi connectivity index (χ4v) is 3.37. The zero-order valence-electron chi connectivity index (χ0n) is 12.3. The molecule has 6 nitrogen and oxygen atoms in total. The lowest BCUT2D eigenvalue weighted by molar-refractivity contribution is -0.608. The Morgan fingerprint density at radius 1 is 1.30 bits per heavy atom. The van der Waals surface area contributed by atoms with Gasteiger partial charge in [0.1, 0.15) is 0 Å². The van der Waals surface area contributed by atoms with Crippen molar-refractivity contribution in [3.8, 4) is 0 Å². The molecule has 0 unspecified atom stereocenters. The zero-order chi connectivity index (χ0) is 16.5. The summed E-state index contributed by atoms with van der Waals surface area (Å²) in [6, 6.07) is 8.48. The van der Waals surface area contributed by atoms with Crippen LogP contribution < -0.4 is 10.0 Å². The summed E-state index contributed by atoms with van der Waals surface area (Å²) in [5.74, 6) is 0.489. The maximum atomic E-state index is 11.7.